The third kappa shape index (κ3) is 3.86. The number of carbonyl (C=O) groups excluding carboxylic acids is 1. The number of rotatable bonds is 5. The number of benzene rings is 1. The minimum atomic E-state index is -0.353. The van der Waals surface area contributed by atoms with Gasteiger partial charge in [-0.2, -0.15) is 0 Å². The zero-order valence-electron chi connectivity index (χ0n) is 16.1. The van der Waals surface area contributed by atoms with Crippen LogP contribution in [-0.4, -0.2) is 34.5 Å². The standard InChI is InChI=1S/C21H23N3O3S/c1-14-17(13-24-11-4-3-5-18(24)20-22-10-12-28-20)23-19(27-14)15-6-8-16(9-7-15)21(25)26-2/h6-10,12,18H,3-5,11,13H2,1-2H3. The molecule has 0 radical (unpaired) electrons. The zero-order chi connectivity index (χ0) is 19.5. The molecule has 1 saturated heterocycles. The van der Waals surface area contributed by atoms with Gasteiger partial charge in [0.15, 0.2) is 0 Å². The van der Waals surface area contributed by atoms with E-state index in [9.17, 15) is 4.79 Å². The molecule has 0 bridgehead atoms. The Labute approximate surface area is 168 Å². The maximum absolute atomic E-state index is 11.6. The van der Waals surface area contributed by atoms with Gasteiger partial charge in [0.1, 0.15) is 10.8 Å². The molecule has 1 unspecified atom stereocenters. The average Bonchev–Trinajstić information content (AvgIpc) is 3.38. The maximum atomic E-state index is 11.6. The fourth-order valence-corrected chi connectivity index (χ4v) is 4.42. The predicted molar refractivity (Wildman–Crippen MR) is 107 cm³/mol. The predicted octanol–water partition coefficient (Wildman–Crippen LogP) is 4.62. The van der Waals surface area contributed by atoms with Gasteiger partial charge in [-0.05, 0) is 50.6 Å². The molecule has 0 amide bonds. The number of hydrogen-bond donors (Lipinski definition) is 0. The fourth-order valence-electron chi connectivity index (χ4n) is 3.62. The van der Waals surface area contributed by atoms with Crippen LogP contribution in [0.4, 0.5) is 0 Å². The van der Waals surface area contributed by atoms with E-state index >= 15 is 0 Å². The van der Waals surface area contributed by atoms with Gasteiger partial charge in [0.05, 0.1) is 24.4 Å². The third-order valence-electron chi connectivity index (χ3n) is 5.15. The Balaban J connectivity index is 1.53. The van der Waals surface area contributed by atoms with Crippen molar-refractivity contribution in [2.75, 3.05) is 13.7 Å². The molecular formula is C21H23N3O3S. The highest BCUT2D eigenvalue weighted by Crippen LogP contribution is 2.34. The minimum Gasteiger partial charge on any atom is -0.465 e. The van der Waals surface area contributed by atoms with Crippen LogP contribution >= 0.6 is 11.3 Å². The zero-order valence-corrected chi connectivity index (χ0v) is 16.9. The molecule has 0 saturated carbocycles. The quantitative estimate of drug-likeness (QED) is 0.585. The van der Waals surface area contributed by atoms with Crippen molar-refractivity contribution in [2.45, 2.75) is 38.8 Å². The van der Waals surface area contributed by atoms with E-state index in [0.717, 1.165) is 36.5 Å². The van der Waals surface area contributed by atoms with Gasteiger partial charge < -0.3 is 9.15 Å². The molecule has 6 nitrogen and oxygen atoms in total. The van der Waals surface area contributed by atoms with Gasteiger partial charge in [-0.3, -0.25) is 4.90 Å². The van der Waals surface area contributed by atoms with Crippen molar-refractivity contribution in [2.24, 2.45) is 0 Å². The highest BCUT2D eigenvalue weighted by molar-refractivity contribution is 7.09. The first-order chi connectivity index (χ1) is 13.7. The van der Waals surface area contributed by atoms with Crippen LogP contribution in [0.5, 0.6) is 0 Å². The number of aryl methyl sites for hydroxylation is 1. The number of methoxy groups -OCH3 is 1. The summed E-state index contributed by atoms with van der Waals surface area (Å²) >= 11 is 1.72. The van der Waals surface area contributed by atoms with Crippen molar-refractivity contribution in [1.29, 1.82) is 0 Å². The number of aromatic nitrogens is 2. The Morgan fingerprint density at radius 1 is 1.32 bits per heavy atom. The second kappa shape index (κ2) is 8.24. The summed E-state index contributed by atoms with van der Waals surface area (Å²) in [5.41, 5.74) is 2.31. The summed E-state index contributed by atoms with van der Waals surface area (Å²) in [6.07, 6.45) is 5.44. The van der Waals surface area contributed by atoms with Gasteiger partial charge >= 0.3 is 5.97 Å². The van der Waals surface area contributed by atoms with E-state index < -0.39 is 0 Å². The van der Waals surface area contributed by atoms with Gasteiger partial charge in [0.25, 0.3) is 0 Å². The van der Waals surface area contributed by atoms with E-state index in [0.29, 0.717) is 17.5 Å². The van der Waals surface area contributed by atoms with E-state index in [1.165, 1.54) is 25.0 Å². The number of hydrogen-bond acceptors (Lipinski definition) is 7. The second-order valence-electron chi connectivity index (χ2n) is 6.94. The van der Waals surface area contributed by atoms with E-state index in [1.54, 1.807) is 23.5 Å². The molecule has 0 N–H and O–H groups in total. The van der Waals surface area contributed by atoms with Crippen LogP contribution in [0.1, 0.15) is 52.1 Å². The maximum Gasteiger partial charge on any atom is 0.337 e. The molecule has 1 aromatic carbocycles. The lowest BCUT2D eigenvalue weighted by Crippen LogP contribution is -2.33. The van der Waals surface area contributed by atoms with Crippen molar-refractivity contribution in [1.82, 2.24) is 14.9 Å². The van der Waals surface area contributed by atoms with E-state index in [2.05, 4.69) is 9.88 Å². The number of piperidine rings is 1. The lowest BCUT2D eigenvalue weighted by Gasteiger charge is -2.33. The number of thiazole rings is 1. The lowest BCUT2D eigenvalue weighted by molar-refractivity contribution is 0.0600. The number of likely N-dealkylation sites (tertiary alicyclic amines) is 1. The van der Waals surface area contributed by atoms with Crippen LogP contribution in [-0.2, 0) is 11.3 Å². The first kappa shape index (κ1) is 18.8. The van der Waals surface area contributed by atoms with Crippen LogP contribution in [0.2, 0.25) is 0 Å². The van der Waals surface area contributed by atoms with Crippen molar-refractivity contribution in [3.8, 4) is 11.5 Å². The van der Waals surface area contributed by atoms with E-state index in [1.807, 2.05) is 30.6 Å². The summed E-state index contributed by atoms with van der Waals surface area (Å²) in [5.74, 6) is 1.05. The Kier molecular flexibility index (Phi) is 5.54. The highest BCUT2D eigenvalue weighted by atomic mass is 32.1. The molecule has 2 aromatic heterocycles. The van der Waals surface area contributed by atoms with E-state index in [4.69, 9.17) is 14.1 Å². The Morgan fingerprint density at radius 2 is 2.14 bits per heavy atom. The molecule has 1 aliphatic heterocycles. The normalized spacial score (nSPS) is 17.6. The summed E-state index contributed by atoms with van der Waals surface area (Å²) < 4.78 is 10.7. The molecule has 7 heteroatoms. The molecule has 0 aliphatic carbocycles. The summed E-state index contributed by atoms with van der Waals surface area (Å²) in [6, 6.07) is 7.47. The Bertz CT molecular complexity index is 934. The number of ether oxygens (including phenoxy) is 1. The van der Waals surface area contributed by atoms with Gasteiger partial charge in [-0.1, -0.05) is 6.42 Å². The van der Waals surface area contributed by atoms with Gasteiger partial charge in [-0.15, -0.1) is 11.3 Å². The summed E-state index contributed by atoms with van der Waals surface area (Å²) in [6.45, 7) is 3.75. The van der Waals surface area contributed by atoms with Gasteiger partial charge in [-0.25, -0.2) is 14.8 Å². The van der Waals surface area contributed by atoms with Crippen LogP contribution in [0.15, 0.2) is 40.3 Å². The molecule has 4 rings (SSSR count). The first-order valence-corrected chi connectivity index (χ1v) is 10.3. The summed E-state index contributed by atoms with van der Waals surface area (Å²) in [5, 5.41) is 3.22. The van der Waals surface area contributed by atoms with Crippen LogP contribution in [0, 0.1) is 6.92 Å². The Hall–Kier alpha value is -2.51. The highest BCUT2D eigenvalue weighted by Gasteiger charge is 2.27. The largest absolute Gasteiger partial charge is 0.465 e. The molecule has 1 fully saturated rings. The number of esters is 1. The first-order valence-electron chi connectivity index (χ1n) is 9.44. The molecule has 3 heterocycles. The molecule has 1 atom stereocenters. The minimum absolute atomic E-state index is 0.353. The topological polar surface area (TPSA) is 68.5 Å². The summed E-state index contributed by atoms with van der Waals surface area (Å²) in [7, 11) is 1.37. The van der Waals surface area contributed by atoms with Gasteiger partial charge in [0, 0.05) is 23.7 Å². The number of oxazole rings is 1. The van der Waals surface area contributed by atoms with Crippen molar-refractivity contribution < 1.29 is 13.9 Å². The van der Waals surface area contributed by atoms with Crippen LogP contribution in [0.3, 0.4) is 0 Å². The van der Waals surface area contributed by atoms with Gasteiger partial charge in [0.2, 0.25) is 5.89 Å². The number of carbonyl (C=O) groups is 1. The van der Waals surface area contributed by atoms with Crippen molar-refractivity contribution in [3.05, 3.63) is 57.9 Å². The van der Waals surface area contributed by atoms with Crippen molar-refractivity contribution in [3.63, 3.8) is 0 Å². The number of nitrogens with zero attached hydrogens (tertiary/aromatic N) is 3. The van der Waals surface area contributed by atoms with Crippen molar-refractivity contribution >= 4 is 17.3 Å². The van der Waals surface area contributed by atoms with E-state index in [-0.39, 0.29) is 5.97 Å². The summed E-state index contributed by atoms with van der Waals surface area (Å²) in [4.78, 5) is 23.3. The average molecular weight is 398 g/mol. The molecule has 3 aromatic rings. The fraction of sp³-hybridized carbons (Fsp3) is 0.381. The SMILES string of the molecule is COC(=O)c1ccc(-c2nc(CN3CCCCC3c3nccs3)c(C)o2)cc1. The van der Waals surface area contributed by atoms with Crippen LogP contribution in [0.25, 0.3) is 11.5 Å². The molecule has 0 spiro atoms. The molecule has 1 aliphatic rings. The molecule has 146 valence electrons. The smallest absolute Gasteiger partial charge is 0.337 e. The second-order valence-corrected chi connectivity index (χ2v) is 7.87. The third-order valence-corrected chi connectivity index (χ3v) is 6.03. The lowest BCUT2D eigenvalue weighted by atomic mass is 10.0. The van der Waals surface area contributed by atoms with Crippen LogP contribution < -0.4 is 0 Å². The monoisotopic (exact) mass is 397 g/mol. The Morgan fingerprint density at radius 3 is 2.86 bits per heavy atom. The molecule has 28 heavy (non-hydrogen) atoms. The molecular weight excluding hydrogens is 374 g/mol.